The van der Waals surface area contributed by atoms with Crippen molar-refractivity contribution in [3.05, 3.63) is 35.3 Å². The van der Waals surface area contributed by atoms with E-state index in [-0.39, 0.29) is 23.7 Å². The summed E-state index contributed by atoms with van der Waals surface area (Å²) in [7, 11) is 1.55. The van der Waals surface area contributed by atoms with Crippen LogP contribution in [0.5, 0.6) is 5.75 Å². The van der Waals surface area contributed by atoms with Gasteiger partial charge in [0.2, 0.25) is 0 Å². The lowest BCUT2D eigenvalue weighted by molar-refractivity contribution is 0.0290. The molecule has 0 unspecified atom stereocenters. The van der Waals surface area contributed by atoms with Gasteiger partial charge in [0, 0.05) is 51.0 Å². The number of hydrogen-bond donors (Lipinski definition) is 2. The molecule has 2 fully saturated rings. The van der Waals surface area contributed by atoms with Crippen molar-refractivity contribution in [1.82, 2.24) is 29.9 Å². The molecule has 2 aromatic heterocycles. The van der Waals surface area contributed by atoms with E-state index in [1.165, 1.54) is 6.20 Å². The summed E-state index contributed by atoms with van der Waals surface area (Å²) < 4.78 is 10.6. The lowest BCUT2D eigenvalue weighted by atomic mass is 9.99. The third-order valence-corrected chi connectivity index (χ3v) is 7.95. The maximum absolute atomic E-state index is 13.8. The highest BCUT2D eigenvalue weighted by Gasteiger charge is 2.46. The lowest BCUT2D eigenvalue weighted by Gasteiger charge is -2.44. The van der Waals surface area contributed by atoms with Crippen LogP contribution in [0.3, 0.4) is 0 Å². The van der Waals surface area contributed by atoms with Crippen molar-refractivity contribution in [2.75, 3.05) is 51.8 Å². The van der Waals surface area contributed by atoms with E-state index in [1.54, 1.807) is 19.2 Å². The first-order valence-corrected chi connectivity index (χ1v) is 13.1. The molecule has 2 aromatic rings. The fraction of sp³-hybridized carbons (Fsp3) is 0.615. The predicted octanol–water partition coefficient (Wildman–Crippen LogP) is 2.67. The number of carbonyl (C=O) groups is 2. The molecule has 3 amide bonds. The standard InChI is InChI=1S/C26H37N7O4/c1-17-14-31(15-18-7-11-37-12-8-18)9-10-32(17)25(35)33-16-20-22(26(33,2)3)29-30-23(20)28-24(34)21-6-5-19(36-4)13-27-21/h5-6,13,17-18H,7-12,14-16H2,1-4H3,(H2,28,29,30,34)/t17-/m0/s1. The van der Waals surface area contributed by atoms with Crippen LogP contribution in [0.2, 0.25) is 0 Å². The summed E-state index contributed by atoms with van der Waals surface area (Å²) in [5.74, 6) is 1.32. The van der Waals surface area contributed by atoms with Gasteiger partial charge in [-0.15, -0.1) is 0 Å². The van der Waals surface area contributed by atoms with Gasteiger partial charge >= 0.3 is 6.03 Å². The van der Waals surface area contributed by atoms with Crippen molar-refractivity contribution in [1.29, 1.82) is 0 Å². The molecule has 11 nitrogen and oxygen atoms in total. The largest absolute Gasteiger partial charge is 0.495 e. The summed E-state index contributed by atoms with van der Waals surface area (Å²) in [5, 5.41) is 10.3. The van der Waals surface area contributed by atoms with Crippen molar-refractivity contribution in [2.45, 2.75) is 51.7 Å². The van der Waals surface area contributed by atoms with E-state index in [2.05, 4.69) is 32.3 Å². The van der Waals surface area contributed by atoms with Gasteiger partial charge in [0.15, 0.2) is 5.82 Å². The quantitative estimate of drug-likeness (QED) is 0.634. The number of carbonyl (C=O) groups excluding carboxylic acids is 2. The molecule has 0 radical (unpaired) electrons. The van der Waals surface area contributed by atoms with Crippen LogP contribution in [0.25, 0.3) is 0 Å². The smallest absolute Gasteiger partial charge is 0.321 e. The minimum atomic E-state index is -0.584. The summed E-state index contributed by atoms with van der Waals surface area (Å²) in [4.78, 5) is 37.1. The number of aromatic nitrogens is 3. The zero-order valence-electron chi connectivity index (χ0n) is 22.1. The number of methoxy groups -OCH3 is 1. The molecule has 3 aliphatic heterocycles. The number of amides is 3. The van der Waals surface area contributed by atoms with Crippen molar-refractivity contribution >= 4 is 17.8 Å². The lowest BCUT2D eigenvalue weighted by Crippen LogP contribution is -2.59. The van der Waals surface area contributed by atoms with Gasteiger partial charge in [-0.2, -0.15) is 5.10 Å². The summed E-state index contributed by atoms with van der Waals surface area (Å²) in [6, 6.07) is 3.42. The Balaban J connectivity index is 1.23. The number of ether oxygens (including phenoxy) is 2. The molecule has 3 aliphatic rings. The molecule has 0 bridgehead atoms. The van der Waals surface area contributed by atoms with Gasteiger partial charge in [0.1, 0.15) is 11.4 Å². The molecule has 5 rings (SSSR count). The zero-order chi connectivity index (χ0) is 26.2. The van der Waals surface area contributed by atoms with Crippen LogP contribution in [0.4, 0.5) is 10.6 Å². The maximum Gasteiger partial charge on any atom is 0.321 e. The van der Waals surface area contributed by atoms with E-state index >= 15 is 0 Å². The van der Waals surface area contributed by atoms with E-state index in [9.17, 15) is 9.59 Å². The predicted molar refractivity (Wildman–Crippen MR) is 137 cm³/mol. The molecule has 0 aromatic carbocycles. The Bertz CT molecular complexity index is 1130. The van der Waals surface area contributed by atoms with E-state index in [4.69, 9.17) is 9.47 Å². The number of fused-ring (bicyclic) bond motifs is 1. The monoisotopic (exact) mass is 511 g/mol. The van der Waals surface area contributed by atoms with Crippen LogP contribution in [0, 0.1) is 5.92 Å². The van der Waals surface area contributed by atoms with E-state index in [0.717, 1.165) is 56.9 Å². The Hall–Kier alpha value is -3.18. The first-order valence-electron chi connectivity index (χ1n) is 13.1. The average Bonchev–Trinajstić information content (AvgIpc) is 3.42. The Morgan fingerprint density at radius 3 is 2.70 bits per heavy atom. The fourth-order valence-electron chi connectivity index (χ4n) is 5.67. The number of anilines is 1. The number of urea groups is 1. The van der Waals surface area contributed by atoms with Gasteiger partial charge in [-0.1, -0.05) is 0 Å². The van der Waals surface area contributed by atoms with Crippen molar-refractivity contribution in [2.24, 2.45) is 5.92 Å². The minimum absolute atomic E-state index is 0.0157. The van der Waals surface area contributed by atoms with Gasteiger partial charge in [0.25, 0.3) is 5.91 Å². The molecule has 2 saturated heterocycles. The molecule has 200 valence electrons. The molecule has 11 heteroatoms. The molecular formula is C26H37N7O4. The molecule has 1 atom stereocenters. The van der Waals surface area contributed by atoms with Gasteiger partial charge in [-0.25, -0.2) is 9.78 Å². The fourth-order valence-corrected chi connectivity index (χ4v) is 5.67. The van der Waals surface area contributed by atoms with Crippen LogP contribution >= 0.6 is 0 Å². The molecule has 0 saturated carbocycles. The van der Waals surface area contributed by atoms with Gasteiger partial charge in [-0.05, 0) is 51.7 Å². The number of nitrogens with one attached hydrogen (secondary N) is 2. The minimum Gasteiger partial charge on any atom is -0.495 e. The van der Waals surface area contributed by atoms with Crippen LogP contribution in [-0.4, -0.2) is 94.4 Å². The van der Waals surface area contributed by atoms with E-state index in [1.807, 2.05) is 23.6 Å². The SMILES string of the molecule is COc1ccc(C(=O)Nc2n[nH]c3c2CN(C(=O)N2CCN(CC4CCOCC4)C[C@@H]2C)C3(C)C)nc1. The van der Waals surface area contributed by atoms with Crippen LogP contribution in [0.15, 0.2) is 18.3 Å². The average molecular weight is 512 g/mol. The number of H-pyrrole nitrogens is 1. The molecule has 0 aliphatic carbocycles. The molecule has 37 heavy (non-hydrogen) atoms. The number of aromatic amines is 1. The van der Waals surface area contributed by atoms with Gasteiger partial charge < -0.3 is 24.6 Å². The second-order valence-electron chi connectivity index (χ2n) is 10.7. The summed E-state index contributed by atoms with van der Waals surface area (Å²) in [5.41, 5.74) is 1.34. The van der Waals surface area contributed by atoms with Crippen LogP contribution < -0.4 is 10.1 Å². The van der Waals surface area contributed by atoms with Gasteiger partial charge in [0.05, 0.1) is 31.1 Å². The Labute approximate surface area is 217 Å². The van der Waals surface area contributed by atoms with Gasteiger partial charge in [-0.3, -0.25) is 14.8 Å². The van der Waals surface area contributed by atoms with Crippen LogP contribution in [-0.2, 0) is 16.8 Å². The second-order valence-corrected chi connectivity index (χ2v) is 10.7. The number of nitrogens with zero attached hydrogens (tertiary/aromatic N) is 5. The van der Waals surface area contributed by atoms with Crippen LogP contribution in [0.1, 0.15) is 55.4 Å². The Kier molecular flexibility index (Phi) is 7.09. The summed E-state index contributed by atoms with van der Waals surface area (Å²) >= 11 is 0. The Morgan fingerprint density at radius 2 is 2.03 bits per heavy atom. The normalized spacial score (nSPS) is 22.1. The van der Waals surface area contributed by atoms with Crippen molar-refractivity contribution in [3.63, 3.8) is 0 Å². The molecule has 0 spiro atoms. The highest BCUT2D eigenvalue weighted by Crippen LogP contribution is 2.41. The highest BCUT2D eigenvalue weighted by molar-refractivity contribution is 6.02. The molecule has 5 heterocycles. The molecular weight excluding hydrogens is 474 g/mol. The maximum atomic E-state index is 13.8. The molecule has 2 N–H and O–H groups in total. The number of rotatable bonds is 5. The third kappa shape index (κ3) is 5.02. The van der Waals surface area contributed by atoms with Crippen molar-refractivity contribution in [3.8, 4) is 5.75 Å². The first-order chi connectivity index (χ1) is 17.8. The zero-order valence-corrected chi connectivity index (χ0v) is 22.1. The number of piperazine rings is 1. The third-order valence-electron chi connectivity index (χ3n) is 7.95. The second kappa shape index (κ2) is 10.3. The highest BCUT2D eigenvalue weighted by atomic mass is 16.5. The van der Waals surface area contributed by atoms with E-state index < -0.39 is 5.54 Å². The first kappa shape index (κ1) is 25.5. The topological polar surface area (TPSA) is 116 Å². The van der Waals surface area contributed by atoms with E-state index in [0.29, 0.717) is 30.6 Å². The summed E-state index contributed by atoms with van der Waals surface area (Å²) in [6.07, 6.45) is 3.74. The van der Waals surface area contributed by atoms with Crippen molar-refractivity contribution < 1.29 is 19.1 Å². The Morgan fingerprint density at radius 1 is 1.24 bits per heavy atom. The summed E-state index contributed by atoms with van der Waals surface area (Å²) in [6.45, 7) is 11.8. The number of pyridine rings is 1. The number of hydrogen-bond acceptors (Lipinski definition) is 7.